The van der Waals surface area contributed by atoms with Crippen molar-refractivity contribution < 1.29 is 32.2 Å². The zero-order chi connectivity index (χ0) is 24.5. The molecule has 1 saturated heterocycles. The van der Waals surface area contributed by atoms with Gasteiger partial charge in [0.25, 0.3) is 0 Å². The van der Waals surface area contributed by atoms with E-state index < -0.39 is 23.6 Å². The molecule has 0 saturated carbocycles. The van der Waals surface area contributed by atoms with E-state index in [1.165, 1.54) is 47.4 Å². The lowest BCUT2D eigenvalue weighted by molar-refractivity contribution is -0.128. The van der Waals surface area contributed by atoms with Gasteiger partial charge in [0.1, 0.15) is 16.8 Å². The molecule has 34 heavy (non-hydrogen) atoms. The number of hydrogen-bond acceptors (Lipinski definition) is 6. The smallest absolute Gasteiger partial charge is 0.387 e. The van der Waals surface area contributed by atoms with Crippen molar-refractivity contribution in [3.8, 4) is 5.75 Å². The van der Waals surface area contributed by atoms with Gasteiger partial charge >= 0.3 is 6.61 Å². The molecular formula is C23H24F3N3O4S. The maximum absolute atomic E-state index is 13.8. The van der Waals surface area contributed by atoms with E-state index >= 15 is 0 Å². The molecular weight excluding hydrogens is 471 g/mol. The van der Waals surface area contributed by atoms with Crippen molar-refractivity contribution in [3.63, 3.8) is 0 Å². The molecule has 1 fully saturated rings. The topological polar surface area (TPSA) is 80.2 Å². The number of benzene rings is 2. The van der Waals surface area contributed by atoms with Gasteiger partial charge in [-0.05, 0) is 49.7 Å². The van der Waals surface area contributed by atoms with Crippen LogP contribution in [0, 0.1) is 5.82 Å². The number of thioether (sulfide) groups is 1. The van der Waals surface area contributed by atoms with Crippen molar-refractivity contribution in [2.75, 3.05) is 25.1 Å². The van der Waals surface area contributed by atoms with E-state index in [-0.39, 0.29) is 23.8 Å². The van der Waals surface area contributed by atoms with Crippen molar-refractivity contribution >= 4 is 40.1 Å². The van der Waals surface area contributed by atoms with Gasteiger partial charge in [-0.3, -0.25) is 14.5 Å². The molecule has 3 rings (SSSR count). The van der Waals surface area contributed by atoms with Crippen molar-refractivity contribution in [2.24, 2.45) is 4.99 Å². The molecule has 1 N–H and O–H groups in total. The number of nitrogens with zero attached hydrogens (tertiary/aromatic N) is 2. The van der Waals surface area contributed by atoms with Crippen molar-refractivity contribution in [3.05, 3.63) is 54.3 Å². The summed E-state index contributed by atoms with van der Waals surface area (Å²) in [4.78, 5) is 31.4. The first-order valence-corrected chi connectivity index (χ1v) is 11.5. The molecule has 0 bridgehead atoms. The summed E-state index contributed by atoms with van der Waals surface area (Å²) in [7, 11) is 0. The first kappa shape index (κ1) is 25.6. The number of amidine groups is 1. The minimum Gasteiger partial charge on any atom is -0.435 e. The lowest BCUT2D eigenvalue weighted by atomic mass is 10.2. The number of alkyl halides is 2. The zero-order valence-electron chi connectivity index (χ0n) is 18.4. The molecule has 1 heterocycles. The van der Waals surface area contributed by atoms with E-state index in [0.29, 0.717) is 37.0 Å². The molecule has 182 valence electrons. The van der Waals surface area contributed by atoms with Gasteiger partial charge in [-0.15, -0.1) is 0 Å². The minimum atomic E-state index is -2.93. The Kier molecular flexibility index (Phi) is 9.34. The molecule has 1 unspecified atom stereocenters. The summed E-state index contributed by atoms with van der Waals surface area (Å²) in [5, 5.41) is 2.13. The van der Waals surface area contributed by atoms with E-state index in [1.807, 2.05) is 6.92 Å². The number of carbonyl (C=O) groups excluding carboxylic acids is 2. The van der Waals surface area contributed by atoms with Crippen LogP contribution in [-0.4, -0.2) is 53.5 Å². The van der Waals surface area contributed by atoms with Crippen LogP contribution in [0.5, 0.6) is 5.75 Å². The summed E-state index contributed by atoms with van der Waals surface area (Å²) in [5.74, 6) is -1.37. The number of para-hydroxylation sites is 1. The summed E-state index contributed by atoms with van der Waals surface area (Å²) in [5.41, 5.74) is 0.472. The summed E-state index contributed by atoms with van der Waals surface area (Å²) in [6.45, 7) is 0.279. The van der Waals surface area contributed by atoms with Gasteiger partial charge in [-0.1, -0.05) is 23.9 Å². The Morgan fingerprint density at radius 2 is 1.94 bits per heavy atom. The highest BCUT2D eigenvalue weighted by Crippen LogP contribution is 2.32. The Morgan fingerprint density at radius 3 is 2.62 bits per heavy atom. The molecule has 11 heteroatoms. The number of aliphatic imine (C=N–C) groups is 1. The van der Waals surface area contributed by atoms with Crippen LogP contribution in [0.15, 0.2) is 53.5 Å². The maximum atomic E-state index is 13.8. The van der Waals surface area contributed by atoms with Gasteiger partial charge in [-0.2, -0.15) is 8.78 Å². The summed E-state index contributed by atoms with van der Waals surface area (Å²) >= 11 is 1.12. The first-order valence-electron chi connectivity index (χ1n) is 10.6. The van der Waals surface area contributed by atoms with Gasteiger partial charge in [0, 0.05) is 26.2 Å². The standard InChI is InChI=1S/C23H24F3N3O4S/c1-2-32-13-5-12-29-21(31)19(14-20(30)28-18-7-4-3-6-17(18)24)34-23(29)27-15-8-10-16(11-9-15)33-22(25)26/h3-4,6-11,19,22H,2,5,12-14H2,1H3,(H,28,30). The maximum Gasteiger partial charge on any atom is 0.387 e. The number of amides is 2. The summed E-state index contributed by atoms with van der Waals surface area (Å²) < 4.78 is 48.2. The van der Waals surface area contributed by atoms with Gasteiger partial charge in [0.15, 0.2) is 5.17 Å². The molecule has 2 aromatic rings. The molecule has 0 aliphatic carbocycles. The van der Waals surface area contributed by atoms with Crippen LogP contribution >= 0.6 is 11.8 Å². The number of hydrogen-bond donors (Lipinski definition) is 1. The average molecular weight is 496 g/mol. The predicted octanol–water partition coefficient (Wildman–Crippen LogP) is 4.81. The monoisotopic (exact) mass is 495 g/mol. The number of halogens is 3. The molecule has 0 radical (unpaired) electrons. The van der Waals surface area contributed by atoms with Gasteiger partial charge in [0.05, 0.1) is 11.4 Å². The number of ether oxygens (including phenoxy) is 2. The highest BCUT2D eigenvalue weighted by atomic mass is 32.2. The predicted molar refractivity (Wildman–Crippen MR) is 124 cm³/mol. The Hall–Kier alpha value is -3.05. The third-order valence-electron chi connectivity index (χ3n) is 4.70. The molecule has 1 aliphatic heterocycles. The number of carbonyl (C=O) groups is 2. The lowest BCUT2D eigenvalue weighted by Gasteiger charge is -2.16. The Bertz CT molecular complexity index is 1020. The second-order valence-corrected chi connectivity index (χ2v) is 8.32. The Morgan fingerprint density at radius 1 is 1.21 bits per heavy atom. The average Bonchev–Trinajstić information content (AvgIpc) is 3.08. The summed E-state index contributed by atoms with van der Waals surface area (Å²) in [6.07, 6.45) is 0.397. The number of nitrogens with one attached hydrogen (secondary N) is 1. The molecule has 1 aliphatic rings. The molecule has 2 aromatic carbocycles. The highest BCUT2D eigenvalue weighted by molar-refractivity contribution is 8.15. The van der Waals surface area contributed by atoms with E-state index in [1.54, 1.807) is 6.07 Å². The Labute approximate surface area is 199 Å². The van der Waals surface area contributed by atoms with Gasteiger partial charge < -0.3 is 14.8 Å². The van der Waals surface area contributed by atoms with E-state index in [2.05, 4.69) is 15.0 Å². The van der Waals surface area contributed by atoms with Crippen molar-refractivity contribution in [2.45, 2.75) is 31.6 Å². The van der Waals surface area contributed by atoms with Crippen LogP contribution in [0.3, 0.4) is 0 Å². The quantitative estimate of drug-likeness (QED) is 0.453. The largest absolute Gasteiger partial charge is 0.435 e. The van der Waals surface area contributed by atoms with Crippen molar-refractivity contribution in [1.82, 2.24) is 4.90 Å². The zero-order valence-corrected chi connectivity index (χ0v) is 19.2. The lowest BCUT2D eigenvalue weighted by Crippen LogP contribution is -2.34. The molecule has 1 atom stereocenters. The highest BCUT2D eigenvalue weighted by Gasteiger charge is 2.39. The SMILES string of the molecule is CCOCCCN1C(=O)C(CC(=O)Nc2ccccc2F)SC1=Nc1ccc(OC(F)F)cc1. The fourth-order valence-corrected chi connectivity index (χ4v) is 4.33. The third kappa shape index (κ3) is 7.22. The van der Waals surface area contributed by atoms with E-state index in [4.69, 9.17) is 4.74 Å². The van der Waals surface area contributed by atoms with Crippen molar-refractivity contribution in [1.29, 1.82) is 0 Å². The van der Waals surface area contributed by atoms with Crippen LogP contribution in [0.4, 0.5) is 24.5 Å². The second-order valence-electron chi connectivity index (χ2n) is 7.15. The number of rotatable bonds is 11. The van der Waals surface area contributed by atoms with Crippen LogP contribution in [0.25, 0.3) is 0 Å². The first-order chi connectivity index (χ1) is 16.4. The third-order valence-corrected chi connectivity index (χ3v) is 5.88. The fraction of sp³-hybridized carbons (Fsp3) is 0.348. The van der Waals surface area contributed by atoms with Crippen LogP contribution in [-0.2, 0) is 14.3 Å². The van der Waals surface area contributed by atoms with Crippen LogP contribution in [0.2, 0.25) is 0 Å². The molecule has 7 nitrogen and oxygen atoms in total. The Balaban J connectivity index is 1.72. The van der Waals surface area contributed by atoms with Gasteiger partial charge in [-0.25, -0.2) is 9.38 Å². The van der Waals surface area contributed by atoms with E-state index in [0.717, 1.165) is 11.8 Å². The van der Waals surface area contributed by atoms with Gasteiger partial charge in [0.2, 0.25) is 11.8 Å². The minimum absolute atomic E-state index is 0.00892. The van der Waals surface area contributed by atoms with Crippen LogP contribution < -0.4 is 10.1 Å². The molecule has 2 amide bonds. The second kappa shape index (κ2) is 12.4. The summed E-state index contributed by atoms with van der Waals surface area (Å²) in [6, 6.07) is 11.5. The number of anilines is 1. The molecule has 0 aromatic heterocycles. The fourth-order valence-electron chi connectivity index (χ4n) is 3.14. The normalized spacial score (nSPS) is 17.0. The van der Waals surface area contributed by atoms with E-state index in [9.17, 15) is 22.8 Å². The molecule has 0 spiro atoms. The van der Waals surface area contributed by atoms with Crippen LogP contribution in [0.1, 0.15) is 19.8 Å².